The number of rotatable bonds is 0. The average Bonchev–Trinajstić information content (AvgIpc) is 3.63. The molecule has 0 fully saturated rings. The molecular weight excluding hydrogens is 580 g/mol. The number of nitrogens with one attached hydrogen (secondary N) is 1. The monoisotopic (exact) mass is 642 g/mol. The molecular formula is C35H62N8O3. The van der Waals surface area contributed by atoms with Gasteiger partial charge < -0.3 is 13.5 Å². The SMILES string of the molecule is CC(C)(C)c1cc(C(C)(C)C)on1.CC(C)(C)c1n[nH]c(C(C)(C)C)n1.CC(C)(C)c1noc(C(C)(C)C)n1.Cc1nnc(C)o1. The molecule has 0 aliphatic rings. The third-order valence-electron chi connectivity index (χ3n) is 6.25. The Morgan fingerprint density at radius 3 is 1.24 bits per heavy atom. The Hall–Kier alpha value is -3.37. The normalized spacial score (nSPS) is 12.8. The molecule has 0 atom stereocenters. The fraction of sp³-hybridized carbons (Fsp3) is 0.743. The summed E-state index contributed by atoms with van der Waals surface area (Å²) in [6, 6.07) is 2.06. The summed E-state index contributed by atoms with van der Waals surface area (Å²) < 4.78 is 15.4. The van der Waals surface area contributed by atoms with Crippen molar-refractivity contribution in [3.8, 4) is 0 Å². The molecule has 0 bridgehead atoms. The lowest BCUT2D eigenvalue weighted by Crippen LogP contribution is -2.16. The second-order valence-electron chi connectivity index (χ2n) is 17.8. The lowest BCUT2D eigenvalue weighted by Gasteiger charge is -2.15. The van der Waals surface area contributed by atoms with Gasteiger partial charge >= 0.3 is 0 Å². The van der Waals surface area contributed by atoms with Gasteiger partial charge in [0.05, 0.1) is 5.69 Å². The molecule has 11 heteroatoms. The number of aromatic amines is 1. The number of aryl methyl sites for hydroxylation is 2. The van der Waals surface area contributed by atoms with E-state index in [-0.39, 0.29) is 32.5 Å². The van der Waals surface area contributed by atoms with Crippen LogP contribution >= 0.6 is 0 Å². The second-order valence-corrected chi connectivity index (χ2v) is 17.8. The molecule has 4 heterocycles. The van der Waals surface area contributed by atoms with E-state index in [0.29, 0.717) is 17.7 Å². The predicted molar refractivity (Wildman–Crippen MR) is 183 cm³/mol. The first-order valence-corrected chi connectivity index (χ1v) is 15.9. The maximum Gasteiger partial charge on any atom is 0.232 e. The molecule has 0 amide bonds. The van der Waals surface area contributed by atoms with E-state index in [1.807, 2.05) is 0 Å². The van der Waals surface area contributed by atoms with Crippen LogP contribution in [0.5, 0.6) is 0 Å². The summed E-state index contributed by atoms with van der Waals surface area (Å²) in [6.07, 6.45) is 0. The maximum atomic E-state index is 5.31. The topological polar surface area (TPSA) is 145 Å². The van der Waals surface area contributed by atoms with Crippen molar-refractivity contribution >= 4 is 0 Å². The molecule has 4 aromatic rings. The molecule has 0 aliphatic heterocycles. The number of aromatic nitrogens is 8. The van der Waals surface area contributed by atoms with E-state index < -0.39 is 0 Å². The van der Waals surface area contributed by atoms with Gasteiger partial charge in [-0.3, -0.25) is 5.10 Å². The Labute approximate surface area is 277 Å². The highest BCUT2D eigenvalue weighted by molar-refractivity contribution is 5.18. The smallest absolute Gasteiger partial charge is 0.232 e. The zero-order valence-electron chi connectivity index (χ0n) is 32.4. The lowest BCUT2D eigenvalue weighted by atomic mass is 9.88. The Balaban J connectivity index is 0.000000313. The number of hydrogen-bond donors (Lipinski definition) is 1. The number of hydrogen-bond acceptors (Lipinski definition) is 10. The van der Waals surface area contributed by atoms with E-state index in [2.05, 4.69) is 171 Å². The average molecular weight is 643 g/mol. The van der Waals surface area contributed by atoms with Crippen molar-refractivity contribution in [1.82, 2.24) is 40.7 Å². The summed E-state index contributed by atoms with van der Waals surface area (Å²) in [5.41, 5.74) is 1.14. The van der Waals surface area contributed by atoms with Crippen LogP contribution in [0.4, 0.5) is 0 Å². The summed E-state index contributed by atoms with van der Waals surface area (Å²) >= 11 is 0. The van der Waals surface area contributed by atoms with E-state index >= 15 is 0 Å². The molecule has 4 rings (SSSR count). The van der Waals surface area contributed by atoms with Crippen LogP contribution in [0, 0.1) is 13.8 Å². The largest absolute Gasteiger partial charge is 0.426 e. The molecule has 0 saturated carbocycles. The summed E-state index contributed by atoms with van der Waals surface area (Å²) in [4.78, 5) is 8.86. The number of nitrogens with zero attached hydrogens (tertiary/aromatic N) is 7. The quantitative estimate of drug-likeness (QED) is 0.197. The van der Waals surface area contributed by atoms with Crippen LogP contribution in [0.25, 0.3) is 0 Å². The molecule has 260 valence electrons. The van der Waals surface area contributed by atoms with Crippen molar-refractivity contribution in [2.24, 2.45) is 0 Å². The predicted octanol–water partition coefficient (Wildman–Crippen LogP) is 9.02. The van der Waals surface area contributed by atoms with Gasteiger partial charge in [-0.2, -0.15) is 10.1 Å². The fourth-order valence-corrected chi connectivity index (χ4v) is 3.14. The summed E-state index contributed by atoms with van der Waals surface area (Å²) in [5, 5.41) is 22.5. The molecule has 0 aromatic carbocycles. The third-order valence-corrected chi connectivity index (χ3v) is 6.25. The molecule has 4 aromatic heterocycles. The van der Waals surface area contributed by atoms with Gasteiger partial charge in [-0.05, 0) is 0 Å². The van der Waals surface area contributed by atoms with Crippen LogP contribution in [0.3, 0.4) is 0 Å². The minimum absolute atomic E-state index is 0.0278. The Morgan fingerprint density at radius 2 is 1.02 bits per heavy atom. The van der Waals surface area contributed by atoms with Gasteiger partial charge in [0.15, 0.2) is 11.6 Å². The Kier molecular flexibility index (Phi) is 12.9. The standard InChI is InChI=1S/C11H19NO.C10H19N3.C10H18N2O.C4H6N2O/c1-10(2,3)8-7-9(13-12-8)11(4,5)6;2*1-9(2,3)7-11-8(13-12-7)10(4,5)6;1-3-5-6-4(2)7-3/h7H,1-6H3;1-6H3,(H,11,12,13);1-6H3;1-2H3. The van der Waals surface area contributed by atoms with Crippen LogP contribution in [0.2, 0.25) is 0 Å². The van der Waals surface area contributed by atoms with E-state index in [1.54, 1.807) is 13.8 Å². The molecule has 0 radical (unpaired) electrons. The summed E-state index contributed by atoms with van der Waals surface area (Å²) in [7, 11) is 0. The summed E-state index contributed by atoms with van der Waals surface area (Å²) in [6.45, 7) is 41.4. The van der Waals surface area contributed by atoms with Crippen molar-refractivity contribution in [3.05, 3.63) is 52.7 Å². The zero-order chi connectivity index (χ0) is 36.1. The van der Waals surface area contributed by atoms with Crippen LogP contribution in [-0.2, 0) is 32.5 Å². The molecule has 46 heavy (non-hydrogen) atoms. The highest BCUT2D eigenvalue weighted by Crippen LogP contribution is 2.28. The van der Waals surface area contributed by atoms with Crippen molar-refractivity contribution < 1.29 is 13.5 Å². The van der Waals surface area contributed by atoms with E-state index in [0.717, 1.165) is 28.9 Å². The molecule has 0 spiro atoms. The highest BCUT2D eigenvalue weighted by atomic mass is 16.5. The van der Waals surface area contributed by atoms with E-state index in [1.165, 1.54) is 0 Å². The maximum absolute atomic E-state index is 5.31. The highest BCUT2D eigenvalue weighted by Gasteiger charge is 2.27. The van der Waals surface area contributed by atoms with Crippen molar-refractivity contribution in [1.29, 1.82) is 0 Å². The Bertz CT molecular complexity index is 1220. The van der Waals surface area contributed by atoms with Gasteiger partial charge in [0.2, 0.25) is 17.7 Å². The van der Waals surface area contributed by atoms with Crippen LogP contribution in [-0.4, -0.2) is 40.7 Å². The van der Waals surface area contributed by atoms with E-state index in [9.17, 15) is 0 Å². The first-order valence-electron chi connectivity index (χ1n) is 15.9. The van der Waals surface area contributed by atoms with Crippen molar-refractivity contribution in [2.75, 3.05) is 0 Å². The zero-order valence-corrected chi connectivity index (χ0v) is 32.4. The molecule has 0 unspecified atom stereocenters. The molecule has 0 aliphatic carbocycles. The third kappa shape index (κ3) is 13.5. The van der Waals surface area contributed by atoms with Gasteiger partial charge in [0.1, 0.15) is 11.6 Å². The van der Waals surface area contributed by atoms with Gasteiger partial charge in [-0.15, -0.1) is 10.2 Å². The van der Waals surface area contributed by atoms with Gasteiger partial charge in [0, 0.05) is 52.4 Å². The van der Waals surface area contributed by atoms with Crippen molar-refractivity contribution in [2.45, 2.75) is 171 Å². The lowest BCUT2D eigenvalue weighted by molar-refractivity contribution is 0.314. The van der Waals surface area contributed by atoms with Crippen LogP contribution < -0.4 is 0 Å². The van der Waals surface area contributed by atoms with Gasteiger partial charge in [-0.25, -0.2) is 4.98 Å². The minimum atomic E-state index is -0.0590. The van der Waals surface area contributed by atoms with Gasteiger partial charge in [0.25, 0.3) is 0 Å². The summed E-state index contributed by atoms with van der Waals surface area (Å²) in [5.74, 6) is 5.53. The minimum Gasteiger partial charge on any atom is -0.426 e. The molecule has 11 nitrogen and oxygen atoms in total. The van der Waals surface area contributed by atoms with Crippen LogP contribution in [0.1, 0.15) is 171 Å². The Morgan fingerprint density at radius 1 is 0.522 bits per heavy atom. The number of H-pyrrole nitrogens is 1. The molecule has 1 N–H and O–H groups in total. The van der Waals surface area contributed by atoms with Crippen LogP contribution in [0.15, 0.2) is 19.5 Å². The fourth-order valence-electron chi connectivity index (χ4n) is 3.14. The molecule has 0 saturated heterocycles. The van der Waals surface area contributed by atoms with Crippen molar-refractivity contribution in [3.63, 3.8) is 0 Å². The van der Waals surface area contributed by atoms with Gasteiger partial charge in [-0.1, -0.05) is 135 Å². The van der Waals surface area contributed by atoms with E-state index in [4.69, 9.17) is 13.5 Å². The first-order chi connectivity index (χ1) is 20.4. The first kappa shape index (κ1) is 40.7. The second kappa shape index (κ2) is 14.6.